The van der Waals surface area contributed by atoms with Crippen LogP contribution in [0.5, 0.6) is 17.2 Å². The van der Waals surface area contributed by atoms with Crippen LogP contribution in [0.4, 0.5) is 0 Å². The highest BCUT2D eigenvalue weighted by molar-refractivity contribution is 5.95. The topological polar surface area (TPSA) is 111 Å². The molecule has 8 nitrogen and oxygen atoms in total. The molecule has 1 unspecified atom stereocenters. The van der Waals surface area contributed by atoms with Gasteiger partial charge >= 0.3 is 0 Å². The molecule has 0 aromatic heterocycles. The smallest absolute Gasteiger partial charge is 0.254 e. The Morgan fingerprint density at radius 1 is 1.00 bits per heavy atom. The third-order valence-corrected chi connectivity index (χ3v) is 4.40. The highest BCUT2D eigenvalue weighted by Crippen LogP contribution is 2.35. The van der Waals surface area contributed by atoms with Gasteiger partial charge < -0.3 is 29.9 Å². The lowest BCUT2D eigenvalue weighted by molar-refractivity contribution is -0.142. The van der Waals surface area contributed by atoms with Gasteiger partial charge in [0.05, 0.1) is 0 Å². The van der Waals surface area contributed by atoms with Crippen LogP contribution in [0.15, 0.2) is 12.1 Å². The molecule has 1 atom stereocenters. The van der Waals surface area contributed by atoms with Crippen molar-refractivity contribution in [2.24, 2.45) is 0 Å². The highest BCUT2D eigenvalue weighted by Gasteiger charge is 2.31. The number of ether oxygens (including phenoxy) is 1. The molecule has 3 N–H and O–H groups in total. The van der Waals surface area contributed by atoms with Crippen molar-refractivity contribution in [3.63, 3.8) is 0 Å². The summed E-state index contributed by atoms with van der Waals surface area (Å²) in [6, 6.07) is 2.22. The monoisotopic (exact) mass is 336 g/mol. The van der Waals surface area contributed by atoms with E-state index in [1.54, 1.807) is 9.80 Å². The first-order chi connectivity index (χ1) is 11.5. The Balaban J connectivity index is 1.62. The average Bonchev–Trinajstić information content (AvgIpc) is 3.12. The van der Waals surface area contributed by atoms with E-state index < -0.39 is 17.2 Å². The number of amides is 2. The standard InChI is InChI=1S/C16H20N2O6/c19-11-8-10(9-12(20)14(11)21)15(22)17-3-5-18(6-4-17)16(23)13-2-1-7-24-13/h8-9,13,19-21H,1-7H2. The van der Waals surface area contributed by atoms with Crippen molar-refractivity contribution >= 4 is 11.8 Å². The lowest BCUT2D eigenvalue weighted by atomic mass is 10.1. The molecule has 2 aliphatic rings. The van der Waals surface area contributed by atoms with Crippen molar-refractivity contribution < 1.29 is 29.6 Å². The molecule has 3 rings (SSSR count). The van der Waals surface area contributed by atoms with Crippen LogP contribution in [0.3, 0.4) is 0 Å². The Morgan fingerprint density at radius 3 is 2.12 bits per heavy atom. The van der Waals surface area contributed by atoms with Crippen molar-refractivity contribution in [2.75, 3.05) is 32.8 Å². The van der Waals surface area contributed by atoms with Gasteiger partial charge in [0.1, 0.15) is 6.10 Å². The molecular formula is C16H20N2O6. The third-order valence-electron chi connectivity index (χ3n) is 4.40. The van der Waals surface area contributed by atoms with E-state index in [-0.39, 0.29) is 23.5 Å². The Hall–Kier alpha value is -2.48. The van der Waals surface area contributed by atoms with E-state index in [1.807, 2.05) is 0 Å². The van der Waals surface area contributed by atoms with Gasteiger partial charge in [-0.05, 0) is 25.0 Å². The van der Waals surface area contributed by atoms with Gasteiger partial charge in [-0.3, -0.25) is 9.59 Å². The highest BCUT2D eigenvalue weighted by atomic mass is 16.5. The van der Waals surface area contributed by atoms with E-state index in [2.05, 4.69) is 0 Å². The quantitative estimate of drug-likeness (QED) is 0.669. The van der Waals surface area contributed by atoms with Gasteiger partial charge in [0.25, 0.3) is 11.8 Å². The Labute approximate surface area is 138 Å². The average molecular weight is 336 g/mol. The number of rotatable bonds is 2. The van der Waals surface area contributed by atoms with Crippen molar-refractivity contribution in [3.05, 3.63) is 17.7 Å². The number of carbonyl (C=O) groups is 2. The largest absolute Gasteiger partial charge is 0.504 e. The number of hydrogen-bond donors (Lipinski definition) is 3. The molecule has 2 fully saturated rings. The number of piperazine rings is 1. The van der Waals surface area contributed by atoms with E-state index in [0.717, 1.165) is 25.0 Å². The number of phenolic OH excluding ortho intramolecular Hbond substituents is 3. The third kappa shape index (κ3) is 3.09. The number of benzene rings is 1. The van der Waals surface area contributed by atoms with Crippen LogP contribution in [0.25, 0.3) is 0 Å². The van der Waals surface area contributed by atoms with Crippen molar-refractivity contribution in [3.8, 4) is 17.2 Å². The molecule has 0 bridgehead atoms. The van der Waals surface area contributed by atoms with Crippen molar-refractivity contribution in [1.82, 2.24) is 9.80 Å². The molecule has 130 valence electrons. The first-order valence-electron chi connectivity index (χ1n) is 7.92. The fourth-order valence-electron chi connectivity index (χ4n) is 3.02. The fraction of sp³-hybridized carbons (Fsp3) is 0.500. The summed E-state index contributed by atoms with van der Waals surface area (Å²) in [5.41, 5.74) is 0.0849. The maximum Gasteiger partial charge on any atom is 0.254 e. The minimum absolute atomic E-state index is 0.0282. The van der Waals surface area contributed by atoms with E-state index in [4.69, 9.17) is 4.74 Å². The van der Waals surface area contributed by atoms with E-state index in [9.17, 15) is 24.9 Å². The van der Waals surface area contributed by atoms with Crippen LogP contribution in [-0.2, 0) is 9.53 Å². The molecule has 24 heavy (non-hydrogen) atoms. The Bertz CT molecular complexity index is 625. The van der Waals surface area contributed by atoms with Gasteiger partial charge in [-0.25, -0.2) is 0 Å². The van der Waals surface area contributed by atoms with Crippen LogP contribution >= 0.6 is 0 Å². The summed E-state index contributed by atoms with van der Waals surface area (Å²) in [6.07, 6.45) is 1.27. The molecule has 1 aromatic carbocycles. The number of nitrogens with zero attached hydrogens (tertiary/aromatic N) is 2. The molecule has 0 aliphatic carbocycles. The number of hydrogen-bond acceptors (Lipinski definition) is 6. The molecule has 2 saturated heterocycles. The Kier molecular flexibility index (Phi) is 4.48. The van der Waals surface area contributed by atoms with E-state index >= 15 is 0 Å². The fourth-order valence-corrected chi connectivity index (χ4v) is 3.02. The molecule has 1 aromatic rings. The number of carbonyl (C=O) groups excluding carboxylic acids is 2. The first-order valence-corrected chi connectivity index (χ1v) is 7.92. The molecule has 0 radical (unpaired) electrons. The summed E-state index contributed by atoms with van der Waals surface area (Å²) in [5, 5.41) is 28.4. The van der Waals surface area contributed by atoms with Crippen LogP contribution in [-0.4, -0.2) is 75.8 Å². The van der Waals surface area contributed by atoms with Gasteiger partial charge in [0.2, 0.25) is 0 Å². The molecule has 2 heterocycles. The maximum atomic E-state index is 12.4. The predicted molar refractivity (Wildman–Crippen MR) is 82.9 cm³/mol. The zero-order valence-electron chi connectivity index (χ0n) is 13.1. The summed E-state index contributed by atoms with van der Waals surface area (Å²) >= 11 is 0. The molecule has 0 spiro atoms. The second kappa shape index (κ2) is 6.56. The van der Waals surface area contributed by atoms with Gasteiger partial charge in [-0.1, -0.05) is 0 Å². The number of aromatic hydroxyl groups is 3. The summed E-state index contributed by atoms with van der Waals surface area (Å²) in [4.78, 5) is 28.0. The lowest BCUT2D eigenvalue weighted by Crippen LogP contribution is -2.52. The van der Waals surface area contributed by atoms with Crippen LogP contribution in [0.1, 0.15) is 23.2 Å². The molecule has 8 heteroatoms. The second-order valence-electron chi connectivity index (χ2n) is 5.98. The summed E-state index contributed by atoms with van der Waals surface area (Å²) in [7, 11) is 0. The van der Waals surface area contributed by atoms with Crippen molar-refractivity contribution in [2.45, 2.75) is 18.9 Å². The van der Waals surface area contributed by atoms with Gasteiger partial charge in [0.15, 0.2) is 17.2 Å². The van der Waals surface area contributed by atoms with Gasteiger partial charge in [0, 0.05) is 38.3 Å². The van der Waals surface area contributed by atoms with Gasteiger partial charge in [-0.2, -0.15) is 0 Å². The first kappa shape index (κ1) is 16.4. The Morgan fingerprint density at radius 2 is 1.58 bits per heavy atom. The normalized spacial score (nSPS) is 21.1. The zero-order valence-corrected chi connectivity index (χ0v) is 13.1. The number of phenols is 3. The molecule has 0 saturated carbocycles. The predicted octanol–water partition coefficient (Wildman–Crippen LogP) is 0.267. The summed E-state index contributed by atoms with van der Waals surface area (Å²) < 4.78 is 5.40. The van der Waals surface area contributed by atoms with Crippen LogP contribution in [0.2, 0.25) is 0 Å². The summed E-state index contributed by atoms with van der Waals surface area (Å²) in [5.74, 6) is -2.15. The van der Waals surface area contributed by atoms with Crippen LogP contribution < -0.4 is 0 Å². The zero-order chi connectivity index (χ0) is 17.3. The van der Waals surface area contributed by atoms with E-state index in [0.29, 0.717) is 32.8 Å². The summed E-state index contributed by atoms with van der Waals surface area (Å²) in [6.45, 7) is 2.17. The second-order valence-corrected chi connectivity index (χ2v) is 5.98. The molecule has 2 aliphatic heterocycles. The lowest BCUT2D eigenvalue weighted by Gasteiger charge is -2.35. The minimum Gasteiger partial charge on any atom is -0.504 e. The molecular weight excluding hydrogens is 316 g/mol. The van der Waals surface area contributed by atoms with E-state index in [1.165, 1.54) is 0 Å². The molecule has 2 amide bonds. The minimum atomic E-state index is -0.654. The SMILES string of the molecule is O=C(c1cc(O)c(O)c(O)c1)N1CCN(C(=O)C2CCCO2)CC1. The van der Waals surface area contributed by atoms with Crippen molar-refractivity contribution in [1.29, 1.82) is 0 Å². The van der Waals surface area contributed by atoms with Crippen LogP contribution in [0, 0.1) is 0 Å². The maximum absolute atomic E-state index is 12.4. The van der Waals surface area contributed by atoms with Gasteiger partial charge in [-0.15, -0.1) is 0 Å².